The van der Waals surface area contributed by atoms with E-state index < -0.39 is 0 Å². The molecule has 0 spiro atoms. The number of hydrogen-bond acceptors (Lipinski definition) is 2. The summed E-state index contributed by atoms with van der Waals surface area (Å²) in [5, 5.41) is 18.5. The molecule has 0 fully saturated rings. The molecule has 0 amide bonds. The average molecular weight is 231 g/mol. The Morgan fingerprint density at radius 3 is 2.00 bits per heavy atom. The molecule has 0 unspecified atom stereocenters. The van der Waals surface area contributed by atoms with E-state index in [0.29, 0.717) is 5.02 Å². The van der Waals surface area contributed by atoms with Crippen LogP contribution < -0.4 is 0 Å². The van der Waals surface area contributed by atoms with Crippen molar-refractivity contribution in [3.8, 4) is 12.1 Å². The molecule has 0 aliphatic carbocycles. The van der Waals surface area contributed by atoms with Crippen molar-refractivity contribution in [2.75, 3.05) is 0 Å². The van der Waals surface area contributed by atoms with Crippen LogP contribution in [0.2, 0.25) is 5.02 Å². The number of nitrogens with zero attached hydrogens (tertiary/aromatic N) is 2. The molecule has 0 atom stereocenters. The van der Waals surface area contributed by atoms with Crippen LogP contribution in [-0.2, 0) is 0 Å². The number of rotatable bonds is 2. The molecule has 0 radical (unpaired) electrons. The summed E-state index contributed by atoms with van der Waals surface area (Å²) in [5.74, 6) is 0.121. The van der Waals surface area contributed by atoms with E-state index in [0.717, 1.165) is 11.1 Å². The van der Waals surface area contributed by atoms with Gasteiger partial charge in [0.2, 0.25) is 0 Å². The van der Waals surface area contributed by atoms with Gasteiger partial charge in [-0.1, -0.05) is 37.6 Å². The minimum absolute atomic E-state index is 0.121. The average Bonchev–Trinajstić information content (AvgIpc) is 2.27. The van der Waals surface area contributed by atoms with Gasteiger partial charge < -0.3 is 0 Å². The number of benzene rings is 1. The van der Waals surface area contributed by atoms with Crippen LogP contribution in [0, 0.1) is 28.6 Å². The van der Waals surface area contributed by atoms with Gasteiger partial charge in [-0.25, -0.2) is 0 Å². The Morgan fingerprint density at radius 2 is 1.62 bits per heavy atom. The Kier molecular flexibility index (Phi) is 4.11. The van der Waals surface area contributed by atoms with Gasteiger partial charge in [0.15, 0.2) is 0 Å². The summed E-state index contributed by atoms with van der Waals surface area (Å²) in [5.41, 5.74) is 1.80. The van der Waals surface area contributed by atoms with E-state index in [-0.39, 0.29) is 11.5 Å². The highest BCUT2D eigenvalue weighted by molar-refractivity contribution is 6.30. The second-order valence-corrected chi connectivity index (χ2v) is 4.11. The summed E-state index contributed by atoms with van der Waals surface area (Å²) in [6, 6.07) is 11.0. The molecule has 1 aromatic rings. The molecule has 0 heterocycles. The first-order valence-electron chi connectivity index (χ1n) is 4.90. The van der Waals surface area contributed by atoms with Crippen LogP contribution in [0.15, 0.2) is 29.8 Å². The molecule has 80 valence electrons. The first kappa shape index (κ1) is 12.3. The summed E-state index contributed by atoms with van der Waals surface area (Å²) < 4.78 is 0. The van der Waals surface area contributed by atoms with Crippen molar-refractivity contribution in [1.82, 2.24) is 0 Å². The van der Waals surface area contributed by atoms with Crippen molar-refractivity contribution >= 4 is 17.2 Å². The zero-order valence-corrected chi connectivity index (χ0v) is 9.92. The second-order valence-electron chi connectivity index (χ2n) is 3.67. The van der Waals surface area contributed by atoms with Crippen LogP contribution >= 0.6 is 11.6 Å². The highest BCUT2D eigenvalue weighted by Crippen LogP contribution is 2.27. The fourth-order valence-electron chi connectivity index (χ4n) is 1.54. The zero-order chi connectivity index (χ0) is 12.1. The van der Waals surface area contributed by atoms with Crippen molar-refractivity contribution in [3.63, 3.8) is 0 Å². The third-order valence-electron chi connectivity index (χ3n) is 2.23. The van der Waals surface area contributed by atoms with Gasteiger partial charge in [-0.3, -0.25) is 0 Å². The molecule has 0 aliphatic heterocycles. The highest BCUT2D eigenvalue weighted by Gasteiger charge is 2.12. The van der Waals surface area contributed by atoms with Crippen molar-refractivity contribution < 1.29 is 0 Å². The molecule has 0 aromatic heterocycles. The predicted molar refractivity (Wildman–Crippen MR) is 64.4 cm³/mol. The summed E-state index contributed by atoms with van der Waals surface area (Å²) in [6.07, 6.45) is 0. The lowest BCUT2D eigenvalue weighted by Gasteiger charge is -2.11. The number of nitriles is 2. The maximum absolute atomic E-state index is 8.90. The maximum Gasteiger partial charge on any atom is 0.133 e. The largest absolute Gasteiger partial charge is 0.192 e. The van der Waals surface area contributed by atoms with E-state index in [1.165, 1.54) is 0 Å². The van der Waals surface area contributed by atoms with Crippen LogP contribution in [0.25, 0.3) is 5.57 Å². The van der Waals surface area contributed by atoms with E-state index in [1.54, 1.807) is 12.1 Å². The van der Waals surface area contributed by atoms with E-state index in [9.17, 15) is 0 Å². The first-order valence-corrected chi connectivity index (χ1v) is 5.28. The molecule has 1 rings (SSSR count). The SMILES string of the molecule is CC(C)C(=C(C#N)C#N)c1ccc(Cl)cc1. The maximum atomic E-state index is 8.90. The van der Waals surface area contributed by atoms with E-state index >= 15 is 0 Å². The molecule has 0 aliphatic rings. The van der Waals surface area contributed by atoms with Gasteiger partial charge in [0.1, 0.15) is 17.7 Å². The quantitative estimate of drug-likeness (QED) is 0.726. The Balaban J connectivity index is 3.36. The van der Waals surface area contributed by atoms with Gasteiger partial charge in [0, 0.05) is 5.02 Å². The molecule has 16 heavy (non-hydrogen) atoms. The molecular formula is C13H11ClN2. The zero-order valence-electron chi connectivity index (χ0n) is 9.16. The summed E-state index contributed by atoms with van der Waals surface area (Å²) >= 11 is 5.80. The molecule has 2 nitrogen and oxygen atoms in total. The fraction of sp³-hybridized carbons (Fsp3) is 0.231. The summed E-state index contributed by atoms with van der Waals surface area (Å²) in [4.78, 5) is 0. The number of halogens is 1. The lowest BCUT2D eigenvalue weighted by Crippen LogP contribution is -1.97. The van der Waals surface area contributed by atoms with E-state index in [4.69, 9.17) is 22.1 Å². The third-order valence-corrected chi connectivity index (χ3v) is 2.48. The second kappa shape index (κ2) is 5.35. The van der Waals surface area contributed by atoms with Crippen LogP contribution in [-0.4, -0.2) is 0 Å². The predicted octanol–water partition coefficient (Wildman–Crippen LogP) is 3.80. The van der Waals surface area contributed by atoms with Crippen molar-refractivity contribution in [3.05, 3.63) is 40.4 Å². The minimum Gasteiger partial charge on any atom is -0.192 e. The van der Waals surface area contributed by atoms with Crippen LogP contribution in [0.3, 0.4) is 0 Å². The van der Waals surface area contributed by atoms with Gasteiger partial charge >= 0.3 is 0 Å². The highest BCUT2D eigenvalue weighted by atomic mass is 35.5. The topological polar surface area (TPSA) is 47.6 Å². The van der Waals surface area contributed by atoms with Gasteiger partial charge in [0.25, 0.3) is 0 Å². The fourth-order valence-corrected chi connectivity index (χ4v) is 1.67. The Hall–Kier alpha value is -1.77. The lowest BCUT2D eigenvalue weighted by molar-refractivity contribution is 0.853. The first-order chi connectivity index (χ1) is 7.60. The normalized spacial score (nSPS) is 9.38. The number of allylic oxidation sites excluding steroid dienone is 2. The summed E-state index contributed by atoms with van der Waals surface area (Å²) in [7, 11) is 0. The number of hydrogen-bond donors (Lipinski definition) is 0. The van der Waals surface area contributed by atoms with Crippen molar-refractivity contribution in [2.45, 2.75) is 13.8 Å². The summed E-state index contributed by atoms with van der Waals surface area (Å²) in [6.45, 7) is 3.91. The van der Waals surface area contributed by atoms with Crippen molar-refractivity contribution in [1.29, 1.82) is 10.5 Å². The monoisotopic (exact) mass is 230 g/mol. The molecule has 1 aromatic carbocycles. The molecule has 3 heteroatoms. The Morgan fingerprint density at radius 1 is 1.12 bits per heavy atom. The standard InChI is InChI=1S/C13H11ClN2/c1-9(2)13(11(7-15)8-16)10-3-5-12(14)6-4-10/h3-6,9H,1-2H3. The Bertz CT molecular complexity index is 468. The minimum atomic E-state index is 0.121. The Labute approximate surface area is 100 Å². The van der Waals surface area contributed by atoms with Crippen LogP contribution in [0.4, 0.5) is 0 Å². The van der Waals surface area contributed by atoms with Crippen molar-refractivity contribution in [2.24, 2.45) is 5.92 Å². The molecule has 0 saturated carbocycles. The van der Waals surface area contributed by atoms with Crippen LogP contribution in [0.5, 0.6) is 0 Å². The van der Waals surface area contributed by atoms with Gasteiger partial charge in [-0.15, -0.1) is 0 Å². The lowest BCUT2D eigenvalue weighted by atomic mass is 9.91. The van der Waals surface area contributed by atoms with Gasteiger partial charge in [-0.05, 0) is 29.2 Å². The molecular weight excluding hydrogens is 220 g/mol. The van der Waals surface area contributed by atoms with E-state index in [2.05, 4.69) is 0 Å². The molecule has 0 bridgehead atoms. The molecule has 0 saturated heterocycles. The third kappa shape index (κ3) is 2.63. The van der Waals surface area contributed by atoms with E-state index in [1.807, 2.05) is 38.1 Å². The van der Waals surface area contributed by atoms with Gasteiger partial charge in [-0.2, -0.15) is 10.5 Å². The smallest absolute Gasteiger partial charge is 0.133 e. The molecule has 0 N–H and O–H groups in total. The van der Waals surface area contributed by atoms with Crippen LogP contribution in [0.1, 0.15) is 19.4 Å². The van der Waals surface area contributed by atoms with Gasteiger partial charge in [0.05, 0.1) is 0 Å².